The SMILES string of the molecule is CCCCc1cn(-c2c(C(C)C)cccc2C(C)C)c(=O)n1Cc1ccc(-c2ccccc2/C(N)=N/N)nc1. The van der Waals surface area contributed by atoms with Crippen LogP contribution in [0.15, 0.2) is 76.9 Å². The molecule has 0 unspecified atom stereocenters. The number of hydrazone groups is 1. The highest BCUT2D eigenvalue weighted by Gasteiger charge is 2.20. The van der Waals surface area contributed by atoms with Gasteiger partial charge in [-0.15, -0.1) is 0 Å². The van der Waals surface area contributed by atoms with E-state index in [-0.39, 0.29) is 11.5 Å². The molecular formula is C32H40N6O. The Morgan fingerprint density at radius 3 is 2.26 bits per heavy atom. The Bertz CT molecular complexity index is 1480. The highest BCUT2D eigenvalue weighted by atomic mass is 16.1. The monoisotopic (exact) mass is 524 g/mol. The van der Waals surface area contributed by atoms with Crippen LogP contribution in [0, 0.1) is 0 Å². The third-order valence-corrected chi connectivity index (χ3v) is 7.22. The molecule has 0 fully saturated rings. The molecule has 0 aliphatic heterocycles. The molecule has 2 heterocycles. The summed E-state index contributed by atoms with van der Waals surface area (Å²) in [5, 5.41) is 3.65. The van der Waals surface area contributed by atoms with Gasteiger partial charge in [0.15, 0.2) is 5.84 Å². The highest BCUT2D eigenvalue weighted by molar-refractivity contribution is 6.02. The molecule has 0 saturated carbocycles. The van der Waals surface area contributed by atoms with E-state index in [0.29, 0.717) is 18.4 Å². The lowest BCUT2D eigenvalue weighted by Crippen LogP contribution is -2.26. The molecule has 204 valence electrons. The molecule has 0 spiro atoms. The number of hydrogen-bond acceptors (Lipinski definition) is 4. The first-order chi connectivity index (χ1) is 18.8. The molecule has 4 rings (SSSR count). The number of aromatic nitrogens is 3. The maximum atomic E-state index is 14.0. The summed E-state index contributed by atoms with van der Waals surface area (Å²) in [4.78, 5) is 18.7. The van der Waals surface area contributed by atoms with Gasteiger partial charge >= 0.3 is 5.69 Å². The lowest BCUT2D eigenvalue weighted by Gasteiger charge is -2.19. The number of nitrogens with two attached hydrogens (primary N) is 2. The zero-order valence-electron chi connectivity index (χ0n) is 23.7. The van der Waals surface area contributed by atoms with Crippen molar-refractivity contribution >= 4 is 5.84 Å². The van der Waals surface area contributed by atoms with Crippen LogP contribution >= 0.6 is 0 Å². The molecule has 7 nitrogen and oxygen atoms in total. The van der Waals surface area contributed by atoms with Gasteiger partial charge in [-0.2, -0.15) is 5.10 Å². The Morgan fingerprint density at radius 1 is 0.974 bits per heavy atom. The fourth-order valence-electron chi connectivity index (χ4n) is 5.06. The lowest BCUT2D eigenvalue weighted by molar-refractivity contribution is 0.671. The van der Waals surface area contributed by atoms with Crippen molar-refractivity contribution in [3.8, 4) is 16.9 Å². The van der Waals surface area contributed by atoms with E-state index in [1.807, 2.05) is 51.7 Å². The molecule has 4 aromatic rings. The molecule has 0 radical (unpaired) electrons. The average molecular weight is 525 g/mol. The van der Waals surface area contributed by atoms with Gasteiger partial charge in [-0.25, -0.2) is 4.79 Å². The zero-order valence-corrected chi connectivity index (χ0v) is 23.7. The second-order valence-electron chi connectivity index (χ2n) is 10.7. The van der Waals surface area contributed by atoms with Gasteiger partial charge in [-0.05, 0) is 47.4 Å². The average Bonchev–Trinajstić information content (AvgIpc) is 3.25. The molecule has 4 N–H and O–H groups in total. The number of imidazole rings is 1. The Morgan fingerprint density at radius 2 is 1.67 bits per heavy atom. The van der Waals surface area contributed by atoms with Crippen LogP contribution in [-0.2, 0) is 13.0 Å². The molecule has 0 aliphatic rings. The second-order valence-corrected chi connectivity index (χ2v) is 10.7. The summed E-state index contributed by atoms with van der Waals surface area (Å²) < 4.78 is 3.78. The Kier molecular flexibility index (Phi) is 8.69. The Hall–Kier alpha value is -4.13. The summed E-state index contributed by atoms with van der Waals surface area (Å²) in [6.45, 7) is 11.4. The van der Waals surface area contributed by atoms with Crippen LogP contribution in [0.1, 0.15) is 87.2 Å². The first-order valence-electron chi connectivity index (χ1n) is 13.8. The Balaban J connectivity index is 1.77. The van der Waals surface area contributed by atoms with Gasteiger partial charge in [0.1, 0.15) is 0 Å². The Labute approximate surface area is 231 Å². The summed E-state index contributed by atoms with van der Waals surface area (Å²) in [7, 11) is 0. The van der Waals surface area contributed by atoms with Crippen molar-refractivity contribution in [1.82, 2.24) is 14.1 Å². The number of hydrogen-bond donors (Lipinski definition) is 2. The van der Waals surface area contributed by atoms with Gasteiger partial charge in [0.25, 0.3) is 0 Å². The zero-order chi connectivity index (χ0) is 28.1. The van der Waals surface area contributed by atoms with Gasteiger partial charge in [-0.1, -0.05) is 89.6 Å². The van der Waals surface area contributed by atoms with Crippen molar-refractivity contribution in [2.24, 2.45) is 16.7 Å². The van der Waals surface area contributed by atoms with E-state index in [9.17, 15) is 4.79 Å². The van der Waals surface area contributed by atoms with Gasteiger partial charge in [0.05, 0.1) is 17.9 Å². The normalized spacial score (nSPS) is 12.0. The van der Waals surface area contributed by atoms with Crippen molar-refractivity contribution in [1.29, 1.82) is 0 Å². The smallest absolute Gasteiger partial charge is 0.333 e. The van der Waals surface area contributed by atoms with Crippen molar-refractivity contribution in [2.45, 2.75) is 72.3 Å². The fourth-order valence-corrected chi connectivity index (χ4v) is 5.06. The molecule has 0 amide bonds. The van der Waals surface area contributed by atoms with Crippen molar-refractivity contribution in [2.75, 3.05) is 0 Å². The largest absolute Gasteiger partial charge is 0.382 e. The van der Waals surface area contributed by atoms with E-state index >= 15 is 0 Å². The summed E-state index contributed by atoms with van der Waals surface area (Å²) in [5.41, 5.74) is 13.7. The van der Waals surface area contributed by atoms with E-state index in [0.717, 1.165) is 53.0 Å². The van der Waals surface area contributed by atoms with Gasteiger partial charge in [-0.3, -0.25) is 14.1 Å². The van der Waals surface area contributed by atoms with Crippen LogP contribution in [0.2, 0.25) is 0 Å². The highest BCUT2D eigenvalue weighted by Crippen LogP contribution is 2.31. The minimum absolute atomic E-state index is 0.0162. The van der Waals surface area contributed by atoms with Crippen LogP contribution in [-0.4, -0.2) is 20.0 Å². The van der Waals surface area contributed by atoms with Gasteiger partial charge < -0.3 is 11.6 Å². The summed E-state index contributed by atoms with van der Waals surface area (Å²) in [6.07, 6.45) is 6.81. The lowest BCUT2D eigenvalue weighted by atomic mass is 9.92. The maximum absolute atomic E-state index is 14.0. The number of para-hydroxylation sites is 1. The number of aryl methyl sites for hydroxylation is 1. The predicted molar refractivity (Wildman–Crippen MR) is 161 cm³/mol. The number of pyridine rings is 1. The molecule has 0 saturated heterocycles. The molecule has 39 heavy (non-hydrogen) atoms. The van der Waals surface area contributed by atoms with Gasteiger partial charge in [0.2, 0.25) is 0 Å². The van der Waals surface area contributed by atoms with E-state index in [4.69, 9.17) is 16.6 Å². The van der Waals surface area contributed by atoms with E-state index in [2.05, 4.69) is 64.1 Å². The number of rotatable bonds is 10. The van der Waals surface area contributed by atoms with E-state index < -0.39 is 0 Å². The third kappa shape index (κ3) is 5.82. The first kappa shape index (κ1) is 27.9. The van der Waals surface area contributed by atoms with Crippen molar-refractivity contribution in [3.05, 3.63) is 105 Å². The van der Waals surface area contributed by atoms with Crippen LogP contribution in [0.5, 0.6) is 0 Å². The van der Waals surface area contributed by atoms with Crippen LogP contribution in [0.3, 0.4) is 0 Å². The van der Waals surface area contributed by atoms with Crippen LogP contribution in [0.25, 0.3) is 16.9 Å². The van der Waals surface area contributed by atoms with Crippen LogP contribution in [0.4, 0.5) is 0 Å². The molecular weight excluding hydrogens is 484 g/mol. The molecule has 7 heteroatoms. The molecule has 0 bridgehead atoms. The van der Waals surface area contributed by atoms with Gasteiger partial charge in [0, 0.05) is 29.2 Å². The molecule has 2 aromatic carbocycles. The molecule has 0 aliphatic carbocycles. The standard InChI is InChI=1S/C32H40N6O/c1-6-7-11-24-20-38(30-25(21(2)3)14-10-15-26(30)22(4)5)32(39)37(24)19-23-16-17-29(35-18-23)27-12-8-9-13-28(27)31(33)36-34/h8-10,12-18,20-22H,6-7,11,19,34H2,1-5H3,(H2,33,36). The third-order valence-electron chi connectivity index (χ3n) is 7.22. The number of benzene rings is 2. The van der Waals surface area contributed by atoms with E-state index in [1.165, 1.54) is 11.1 Å². The molecule has 2 aromatic heterocycles. The fraction of sp³-hybridized carbons (Fsp3) is 0.344. The minimum atomic E-state index is -0.0162. The quantitative estimate of drug-likeness (QED) is 0.116. The maximum Gasteiger partial charge on any atom is 0.333 e. The van der Waals surface area contributed by atoms with Crippen LogP contribution < -0.4 is 17.3 Å². The second kappa shape index (κ2) is 12.2. The summed E-state index contributed by atoms with van der Waals surface area (Å²) >= 11 is 0. The first-order valence-corrected chi connectivity index (χ1v) is 13.8. The number of amidine groups is 1. The molecule has 0 atom stereocenters. The van der Waals surface area contributed by atoms with Crippen molar-refractivity contribution in [3.63, 3.8) is 0 Å². The topological polar surface area (TPSA) is 104 Å². The summed E-state index contributed by atoms with van der Waals surface area (Å²) in [6, 6.07) is 18.0. The van der Waals surface area contributed by atoms with E-state index in [1.54, 1.807) is 0 Å². The summed E-state index contributed by atoms with van der Waals surface area (Å²) in [5.74, 6) is 6.28. The number of nitrogens with zero attached hydrogens (tertiary/aromatic N) is 4. The predicted octanol–water partition coefficient (Wildman–Crippen LogP) is 5.92. The van der Waals surface area contributed by atoms with Crippen molar-refractivity contribution < 1.29 is 0 Å². The number of unbranched alkanes of at least 4 members (excludes halogenated alkanes) is 1. The minimum Gasteiger partial charge on any atom is -0.382 e.